The zero-order valence-electron chi connectivity index (χ0n) is 13.3. The maximum Gasteiger partial charge on any atom is 0.573 e. The van der Waals surface area contributed by atoms with Crippen LogP contribution in [0.1, 0.15) is 15.9 Å². The fraction of sp³-hybridized carbons (Fsp3) is 0.176. The molecule has 0 aliphatic carbocycles. The van der Waals surface area contributed by atoms with Crippen molar-refractivity contribution < 1.29 is 31.9 Å². The molecule has 0 aromatic heterocycles. The van der Waals surface area contributed by atoms with Gasteiger partial charge in [-0.15, -0.1) is 13.2 Å². The summed E-state index contributed by atoms with van der Waals surface area (Å²) in [7, 11) is 0. The number of ether oxygens (including phenoxy) is 1. The predicted molar refractivity (Wildman–Crippen MR) is 83.7 cm³/mol. The lowest BCUT2D eigenvalue weighted by Crippen LogP contribution is -2.36. The van der Waals surface area contributed by atoms with Crippen LogP contribution < -0.4 is 15.4 Å². The minimum atomic E-state index is -4.77. The zero-order valence-corrected chi connectivity index (χ0v) is 13.3. The molecule has 0 radical (unpaired) electrons. The van der Waals surface area contributed by atoms with Gasteiger partial charge < -0.3 is 15.4 Å². The van der Waals surface area contributed by atoms with Gasteiger partial charge in [-0.2, -0.15) is 0 Å². The molecule has 2 rings (SSSR count). The van der Waals surface area contributed by atoms with Crippen molar-refractivity contribution in [3.63, 3.8) is 0 Å². The van der Waals surface area contributed by atoms with Crippen molar-refractivity contribution in [1.82, 2.24) is 10.6 Å². The van der Waals surface area contributed by atoms with E-state index in [9.17, 15) is 27.2 Å². The van der Waals surface area contributed by atoms with Gasteiger partial charge in [-0.1, -0.05) is 12.1 Å². The van der Waals surface area contributed by atoms with Crippen LogP contribution >= 0.6 is 0 Å². The Kier molecular flexibility index (Phi) is 6.16. The number of amides is 2. The summed E-state index contributed by atoms with van der Waals surface area (Å²) in [5.74, 6) is -1.87. The maximum atomic E-state index is 12.8. The molecule has 0 heterocycles. The number of hydrogen-bond acceptors (Lipinski definition) is 3. The second kappa shape index (κ2) is 8.32. The van der Waals surface area contributed by atoms with Crippen molar-refractivity contribution in [2.45, 2.75) is 12.9 Å². The SMILES string of the molecule is O=C(CNC(=O)c1ccc(F)cc1)NCc1ccc(OC(F)(F)F)cc1. The second-order valence-electron chi connectivity index (χ2n) is 5.16. The first-order valence-corrected chi connectivity index (χ1v) is 7.38. The Bertz CT molecular complexity index is 759. The molecule has 0 saturated carbocycles. The lowest BCUT2D eigenvalue weighted by atomic mass is 10.2. The molecule has 0 fully saturated rings. The van der Waals surface area contributed by atoms with E-state index in [0.29, 0.717) is 5.56 Å². The highest BCUT2D eigenvalue weighted by Gasteiger charge is 2.30. The molecule has 26 heavy (non-hydrogen) atoms. The third-order valence-corrected chi connectivity index (χ3v) is 3.16. The van der Waals surface area contributed by atoms with Gasteiger partial charge in [0.05, 0.1) is 6.54 Å². The zero-order chi connectivity index (χ0) is 19.2. The van der Waals surface area contributed by atoms with Crippen LogP contribution in [0.15, 0.2) is 48.5 Å². The van der Waals surface area contributed by atoms with E-state index in [2.05, 4.69) is 15.4 Å². The highest BCUT2D eigenvalue weighted by Crippen LogP contribution is 2.22. The second-order valence-corrected chi connectivity index (χ2v) is 5.16. The molecule has 0 unspecified atom stereocenters. The van der Waals surface area contributed by atoms with Gasteiger partial charge in [0.25, 0.3) is 5.91 Å². The molecule has 0 spiro atoms. The Morgan fingerprint density at radius 3 is 2.12 bits per heavy atom. The third kappa shape index (κ3) is 6.42. The van der Waals surface area contributed by atoms with Crippen LogP contribution in [-0.4, -0.2) is 24.7 Å². The van der Waals surface area contributed by atoms with Gasteiger partial charge in [0.2, 0.25) is 5.91 Å². The fourth-order valence-corrected chi connectivity index (χ4v) is 1.94. The van der Waals surface area contributed by atoms with Crippen molar-refractivity contribution in [3.8, 4) is 5.75 Å². The fourth-order valence-electron chi connectivity index (χ4n) is 1.94. The molecule has 0 aliphatic heterocycles. The van der Waals surface area contributed by atoms with Gasteiger partial charge in [-0.3, -0.25) is 9.59 Å². The van der Waals surface area contributed by atoms with Crippen LogP contribution in [0.5, 0.6) is 5.75 Å². The van der Waals surface area contributed by atoms with Gasteiger partial charge in [-0.05, 0) is 42.0 Å². The van der Waals surface area contributed by atoms with Gasteiger partial charge >= 0.3 is 6.36 Å². The molecule has 0 saturated heterocycles. The Morgan fingerprint density at radius 1 is 0.923 bits per heavy atom. The third-order valence-electron chi connectivity index (χ3n) is 3.16. The lowest BCUT2D eigenvalue weighted by molar-refractivity contribution is -0.274. The molecular formula is C17H14F4N2O3. The maximum absolute atomic E-state index is 12.8. The average Bonchev–Trinajstić information content (AvgIpc) is 2.58. The molecule has 9 heteroatoms. The summed E-state index contributed by atoms with van der Waals surface area (Å²) in [5.41, 5.74) is 0.761. The standard InChI is InChI=1S/C17H14F4N2O3/c18-13-5-3-12(4-6-13)16(25)23-10-15(24)22-9-11-1-7-14(8-2-11)26-17(19,20)21/h1-8H,9-10H2,(H,22,24)(H,23,25). The van der Waals surface area contributed by atoms with Gasteiger partial charge in [0, 0.05) is 12.1 Å². The monoisotopic (exact) mass is 370 g/mol. The number of halogens is 4. The summed E-state index contributed by atoms with van der Waals surface area (Å²) in [6.45, 7) is -0.233. The topological polar surface area (TPSA) is 67.4 Å². The van der Waals surface area contributed by atoms with Crippen LogP contribution in [0.25, 0.3) is 0 Å². The highest BCUT2D eigenvalue weighted by molar-refractivity contribution is 5.96. The summed E-state index contributed by atoms with van der Waals surface area (Å²) >= 11 is 0. The van der Waals surface area contributed by atoms with Crippen molar-refractivity contribution in [2.75, 3.05) is 6.54 Å². The Balaban J connectivity index is 1.76. The largest absolute Gasteiger partial charge is 0.573 e. The number of carbonyl (C=O) groups excluding carboxylic acids is 2. The van der Waals surface area contributed by atoms with Crippen molar-refractivity contribution in [1.29, 1.82) is 0 Å². The van der Waals surface area contributed by atoms with E-state index in [4.69, 9.17) is 0 Å². The summed E-state index contributed by atoms with van der Waals surface area (Å²) < 4.78 is 52.7. The van der Waals surface area contributed by atoms with E-state index in [1.165, 1.54) is 24.3 Å². The highest BCUT2D eigenvalue weighted by atomic mass is 19.4. The van der Waals surface area contributed by atoms with Crippen LogP contribution in [0.2, 0.25) is 0 Å². The normalized spacial score (nSPS) is 10.9. The number of benzene rings is 2. The minimum absolute atomic E-state index is 0.0670. The Hall–Kier alpha value is -3.10. The number of rotatable bonds is 6. The van der Waals surface area contributed by atoms with Gasteiger partial charge in [0.1, 0.15) is 11.6 Å². The minimum Gasteiger partial charge on any atom is -0.406 e. The number of carbonyl (C=O) groups is 2. The first-order chi connectivity index (χ1) is 12.2. The molecule has 2 N–H and O–H groups in total. The van der Waals surface area contributed by atoms with Crippen molar-refractivity contribution >= 4 is 11.8 Å². The number of alkyl halides is 3. The van der Waals surface area contributed by atoms with E-state index in [1.54, 1.807) is 0 Å². The summed E-state index contributed by atoms with van der Waals surface area (Å²) in [6, 6.07) is 9.83. The van der Waals surface area contributed by atoms with E-state index >= 15 is 0 Å². The Labute approximate surface area is 146 Å². The number of hydrogen-bond donors (Lipinski definition) is 2. The van der Waals surface area contributed by atoms with Gasteiger partial charge in [0.15, 0.2) is 0 Å². The average molecular weight is 370 g/mol. The van der Waals surface area contributed by atoms with Crippen LogP contribution in [0.3, 0.4) is 0 Å². The molecule has 2 amide bonds. The molecule has 0 aliphatic rings. The number of nitrogens with one attached hydrogen (secondary N) is 2. The van der Waals surface area contributed by atoms with E-state index in [0.717, 1.165) is 24.3 Å². The smallest absolute Gasteiger partial charge is 0.406 e. The first-order valence-electron chi connectivity index (χ1n) is 7.38. The molecule has 138 valence electrons. The molecular weight excluding hydrogens is 356 g/mol. The van der Waals surface area contributed by atoms with Crippen LogP contribution in [-0.2, 0) is 11.3 Å². The summed E-state index contributed by atoms with van der Waals surface area (Å²) in [5, 5.41) is 4.88. The van der Waals surface area contributed by atoms with Crippen LogP contribution in [0, 0.1) is 5.82 Å². The quantitative estimate of drug-likeness (QED) is 0.769. The van der Waals surface area contributed by atoms with Crippen LogP contribution in [0.4, 0.5) is 17.6 Å². The van der Waals surface area contributed by atoms with Gasteiger partial charge in [-0.25, -0.2) is 4.39 Å². The predicted octanol–water partition coefficient (Wildman–Crippen LogP) is 2.77. The lowest BCUT2D eigenvalue weighted by Gasteiger charge is -2.10. The van der Waals surface area contributed by atoms with E-state index < -0.39 is 24.0 Å². The summed E-state index contributed by atoms with van der Waals surface area (Å²) in [4.78, 5) is 23.5. The molecule has 2 aromatic rings. The molecule has 2 aromatic carbocycles. The van der Waals surface area contributed by atoms with Crippen molar-refractivity contribution in [2.24, 2.45) is 0 Å². The van der Waals surface area contributed by atoms with Crippen molar-refractivity contribution in [3.05, 3.63) is 65.5 Å². The van der Waals surface area contributed by atoms with E-state index in [1.807, 2.05) is 0 Å². The first kappa shape index (κ1) is 19.2. The molecule has 5 nitrogen and oxygen atoms in total. The van der Waals surface area contributed by atoms with E-state index in [-0.39, 0.29) is 24.4 Å². The summed E-state index contributed by atoms with van der Waals surface area (Å²) in [6.07, 6.45) is -4.77. The Morgan fingerprint density at radius 2 is 1.54 bits per heavy atom. The molecule has 0 bridgehead atoms. The molecule has 0 atom stereocenters.